The van der Waals surface area contributed by atoms with Gasteiger partial charge in [0.1, 0.15) is 0 Å². The van der Waals surface area contributed by atoms with Crippen molar-refractivity contribution in [2.45, 2.75) is 45.1 Å². The van der Waals surface area contributed by atoms with Crippen molar-refractivity contribution in [1.82, 2.24) is 5.32 Å². The summed E-state index contributed by atoms with van der Waals surface area (Å²) in [6, 6.07) is 0. The first kappa shape index (κ1) is 13.5. The zero-order valence-corrected chi connectivity index (χ0v) is 10.2. The van der Waals surface area contributed by atoms with E-state index in [-0.39, 0.29) is 11.8 Å². The molecule has 94 valence electrons. The van der Waals surface area contributed by atoms with Crippen molar-refractivity contribution in [3.63, 3.8) is 0 Å². The average Bonchev–Trinajstić information content (AvgIpc) is 2.78. The largest absolute Gasteiger partial charge is 0.378 e. The molecule has 1 aliphatic rings. The van der Waals surface area contributed by atoms with E-state index in [4.69, 9.17) is 10.5 Å². The molecule has 0 aromatic carbocycles. The molecule has 1 rings (SSSR count). The van der Waals surface area contributed by atoms with E-state index in [0.29, 0.717) is 19.2 Å². The van der Waals surface area contributed by atoms with Crippen LogP contribution in [0, 0.1) is 5.92 Å². The molecule has 1 fully saturated rings. The lowest BCUT2D eigenvalue weighted by Crippen LogP contribution is -2.36. The summed E-state index contributed by atoms with van der Waals surface area (Å²) in [5, 5.41) is 2.95. The fourth-order valence-electron chi connectivity index (χ4n) is 2.08. The SMILES string of the molecule is CCCC(CN)C(=O)NCCC1CCCO1. The summed E-state index contributed by atoms with van der Waals surface area (Å²) in [6.07, 6.45) is 5.44. The van der Waals surface area contributed by atoms with Crippen LogP contribution in [0.4, 0.5) is 0 Å². The molecule has 0 bridgehead atoms. The highest BCUT2D eigenvalue weighted by Gasteiger charge is 2.18. The molecule has 16 heavy (non-hydrogen) atoms. The van der Waals surface area contributed by atoms with Gasteiger partial charge in [-0.05, 0) is 25.7 Å². The maximum Gasteiger partial charge on any atom is 0.224 e. The molecular weight excluding hydrogens is 204 g/mol. The quantitative estimate of drug-likeness (QED) is 0.684. The zero-order valence-electron chi connectivity index (χ0n) is 10.2. The van der Waals surface area contributed by atoms with Gasteiger partial charge in [0, 0.05) is 19.7 Å². The van der Waals surface area contributed by atoms with E-state index >= 15 is 0 Å². The van der Waals surface area contributed by atoms with E-state index in [1.54, 1.807) is 0 Å². The number of amides is 1. The third kappa shape index (κ3) is 4.49. The predicted octanol–water partition coefficient (Wildman–Crippen LogP) is 1.05. The minimum absolute atomic E-state index is 0.0190. The molecule has 0 saturated carbocycles. The fourth-order valence-corrected chi connectivity index (χ4v) is 2.08. The van der Waals surface area contributed by atoms with Crippen LogP contribution >= 0.6 is 0 Å². The zero-order chi connectivity index (χ0) is 11.8. The van der Waals surface area contributed by atoms with Crippen LogP contribution in [0.5, 0.6) is 0 Å². The Kier molecular flexibility index (Phi) is 6.42. The first-order valence-corrected chi connectivity index (χ1v) is 6.37. The van der Waals surface area contributed by atoms with Crippen LogP contribution in [-0.4, -0.2) is 31.7 Å². The Morgan fingerprint density at radius 1 is 1.62 bits per heavy atom. The lowest BCUT2D eigenvalue weighted by atomic mass is 10.0. The summed E-state index contributed by atoms with van der Waals surface area (Å²) in [6.45, 7) is 4.10. The molecule has 4 nitrogen and oxygen atoms in total. The van der Waals surface area contributed by atoms with Crippen molar-refractivity contribution in [2.75, 3.05) is 19.7 Å². The van der Waals surface area contributed by atoms with Crippen LogP contribution in [0.3, 0.4) is 0 Å². The third-order valence-electron chi connectivity index (χ3n) is 3.08. The van der Waals surface area contributed by atoms with Gasteiger partial charge in [0.2, 0.25) is 5.91 Å². The van der Waals surface area contributed by atoms with E-state index in [1.807, 2.05) is 0 Å². The van der Waals surface area contributed by atoms with E-state index in [0.717, 1.165) is 38.7 Å². The van der Waals surface area contributed by atoms with E-state index < -0.39 is 0 Å². The topological polar surface area (TPSA) is 64.4 Å². The Bertz CT molecular complexity index is 203. The molecule has 2 unspecified atom stereocenters. The summed E-state index contributed by atoms with van der Waals surface area (Å²) in [4.78, 5) is 11.7. The first-order valence-electron chi connectivity index (χ1n) is 6.37. The Balaban J connectivity index is 2.12. The van der Waals surface area contributed by atoms with Crippen molar-refractivity contribution >= 4 is 5.91 Å². The van der Waals surface area contributed by atoms with Crippen molar-refractivity contribution in [1.29, 1.82) is 0 Å². The molecule has 1 heterocycles. The minimum atomic E-state index is -0.0190. The number of nitrogens with one attached hydrogen (secondary N) is 1. The summed E-state index contributed by atoms with van der Waals surface area (Å²) in [5.41, 5.74) is 5.57. The average molecular weight is 228 g/mol. The van der Waals surface area contributed by atoms with Crippen LogP contribution in [-0.2, 0) is 9.53 Å². The lowest BCUT2D eigenvalue weighted by Gasteiger charge is -2.15. The molecule has 1 saturated heterocycles. The van der Waals surface area contributed by atoms with Crippen molar-refractivity contribution in [3.05, 3.63) is 0 Å². The highest BCUT2D eigenvalue weighted by atomic mass is 16.5. The molecule has 0 spiro atoms. The Morgan fingerprint density at radius 2 is 2.44 bits per heavy atom. The Hall–Kier alpha value is -0.610. The van der Waals surface area contributed by atoms with Gasteiger partial charge < -0.3 is 15.8 Å². The second-order valence-electron chi connectivity index (χ2n) is 4.44. The highest BCUT2D eigenvalue weighted by molar-refractivity contribution is 5.78. The van der Waals surface area contributed by atoms with Crippen LogP contribution in [0.15, 0.2) is 0 Å². The van der Waals surface area contributed by atoms with Crippen molar-refractivity contribution in [3.8, 4) is 0 Å². The van der Waals surface area contributed by atoms with Gasteiger partial charge in [-0.1, -0.05) is 13.3 Å². The summed E-state index contributed by atoms with van der Waals surface area (Å²) >= 11 is 0. The molecule has 1 aliphatic heterocycles. The Morgan fingerprint density at radius 3 is 3.00 bits per heavy atom. The number of rotatable bonds is 7. The van der Waals surface area contributed by atoms with Crippen LogP contribution < -0.4 is 11.1 Å². The molecule has 0 aromatic rings. The van der Waals surface area contributed by atoms with Gasteiger partial charge in [-0.2, -0.15) is 0 Å². The highest BCUT2D eigenvalue weighted by Crippen LogP contribution is 2.14. The Labute approximate surface area is 97.9 Å². The van der Waals surface area contributed by atoms with Gasteiger partial charge in [-0.15, -0.1) is 0 Å². The molecule has 1 amide bonds. The normalized spacial score (nSPS) is 22.0. The van der Waals surface area contributed by atoms with Gasteiger partial charge in [0.05, 0.1) is 12.0 Å². The number of hydrogen-bond donors (Lipinski definition) is 2. The maximum atomic E-state index is 11.7. The molecule has 0 radical (unpaired) electrons. The number of carbonyl (C=O) groups excluding carboxylic acids is 1. The molecule has 0 aliphatic carbocycles. The predicted molar refractivity (Wildman–Crippen MR) is 64.1 cm³/mol. The van der Waals surface area contributed by atoms with Crippen molar-refractivity contribution < 1.29 is 9.53 Å². The first-order chi connectivity index (χ1) is 7.77. The maximum absolute atomic E-state index is 11.7. The number of hydrogen-bond acceptors (Lipinski definition) is 3. The number of ether oxygens (including phenoxy) is 1. The molecular formula is C12H24N2O2. The smallest absolute Gasteiger partial charge is 0.224 e. The van der Waals surface area contributed by atoms with Crippen molar-refractivity contribution in [2.24, 2.45) is 11.7 Å². The van der Waals surface area contributed by atoms with Gasteiger partial charge in [0.15, 0.2) is 0 Å². The van der Waals surface area contributed by atoms with Gasteiger partial charge in [-0.25, -0.2) is 0 Å². The summed E-state index contributed by atoms with van der Waals surface area (Å²) in [7, 11) is 0. The second-order valence-corrected chi connectivity index (χ2v) is 4.44. The second kappa shape index (κ2) is 7.63. The standard InChI is InChI=1S/C12H24N2O2/c1-2-4-10(9-13)12(15)14-7-6-11-5-3-8-16-11/h10-11H,2-9,13H2,1H3,(H,14,15). The minimum Gasteiger partial charge on any atom is -0.378 e. The molecule has 3 N–H and O–H groups in total. The fraction of sp³-hybridized carbons (Fsp3) is 0.917. The molecule has 2 atom stereocenters. The van der Waals surface area contributed by atoms with Crippen LogP contribution in [0.2, 0.25) is 0 Å². The summed E-state index contributed by atoms with van der Waals surface area (Å²) in [5.74, 6) is 0.0804. The van der Waals surface area contributed by atoms with E-state index in [2.05, 4.69) is 12.2 Å². The lowest BCUT2D eigenvalue weighted by molar-refractivity contribution is -0.125. The molecule has 4 heteroatoms. The van der Waals surface area contributed by atoms with E-state index in [9.17, 15) is 4.79 Å². The van der Waals surface area contributed by atoms with Crippen LogP contribution in [0.1, 0.15) is 39.0 Å². The molecule has 0 aromatic heterocycles. The van der Waals surface area contributed by atoms with E-state index in [1.165, 1.54) is 0 Å². The van der Waals surface area contributed by atoms with Gasteiger partial charge in [-0.3, -0.25) is 4.79 Å². The van der Waals surface area contributed by atoms with Crippen LogP contribution in [0.25, 0.3) is 0 Å². The number of carbonyl (C=O) groups is 1. The van der Waals surface area contributed by atoms with Gasteiger partial charge >= 0.3 is 0 Å². The summed E-state index contributed by atoms with van der Waals surface area (Å²) < 4.78 is 5.49. The third-order valence-corrected chi connectivity index (χ3v) is 3.08. The number of nitrogens with two attached hydrogens (primary N) is 1. The monoisotopic (exact) mass is 228 g/mol. The van der Waals surface area contributed by atoms with Gasteiger partial charge in [0.25, 0.3) is 0 Å².